The van der Waals surface area contributed by atoms with Gasteiger partial charge in [0.05, 0.1) is 5.54 Å². The summed E-state index contributed by atoms with van der Waals surface area (Å²) in [6.07, 6.45) is 2.30. The van der Waals surface area contributed by atoms with E-state index < -0.39 is 5.54 Å². The normalized spacial score (nSPS) is 14.8. The molecule has 0 radical (unpaired) electrons. The zero-order chi connectivity index (χ0) is 13.2. The minimum atomic E-state index is -0.683. The molecule has 0 saturated carbocycles. The second kappa shape index (κ2) is 4.98. The SMILES string of the molecule is CC(C)(NCc1cccc2c1NCCC2)C(N)=O. The summed E-state index contributed by atoms with van der Waals surface area (Å²) in [6.45, 7) is 5.27. The Balaban J connectivity index is 2.13. The number of amides is 1. The van der Waals surface area contributed by atoms with E-state index in [1.165, 1.54) is 23.2 Å². The molecule has 1 amide bonds. The first-order valence-corrected chi connectivity index (χ1v) is 6.40. The van der Waals surface area contributed by atoms with Crippen LogP contribution >= 0.6 is 0 Å². The Kier molecular flexibility index (Phi) is 3.57. The van der Waals surface area contributed by atoms with Gasteiger partial charge in [0, 0.05) is 18.8 Å². The van der Waals surface area contributed by atoms with Gasteiger partial charge in [-0.25, -0.2) is 0 Å². The lowest BCUT2D eigenvalue weighted by Gasteiger charge is -2.25. The first-order valence-electron chi connectivity index (χ1n) is 6.40. The van der Waals surface area contributed by atoms with E-state index >= 15 is 0 Å². The molecule has 1 aromatic rings. The molecule has 1 aromatic carbocycles. The molecule has 1 aliphatic rings. The van der Waals surface area contributed by atoms with Gasteiger partial charge in [0.2, 0.25) is 5.91 Å². The maximum absolute atomic E-state index is 11.3. The Morgan fingerprint density at radius 1 is 1.50 bits per heavy atom. The third-order valence-corrected chi connectivity index (χ3v) is 3.50. The number of benzene rings is 1. The molecule has 0 unspecified atom stereocenters. The highest BCUT2D eigenvalue weighted by atomic mass is 16.1. The van der Waals surface area contributed by atoms with Crippen LogP contribution in [0.25, 0.3) is 0 Å². The van der Waals surface area contributed by atoms with Crippen LogP contribution in [0.4, 0.5) is 5.69 Å². The van der Waals surface area contributed by atoms with Crippen molar-refractivity contribution in [3.05, 3.63) is 29.3 Å². The molecule has 0 aliphatic carbocycles. The van der Waals surface area contributed by atoms with Gasteiger partial charge in [0.1, 0.15) is 0 Å². The van der Waals surface area contributed by atoms with Crippen LogP contribution in [0.3, 0.4) is 0 Å². The van der Waals surface area contributed by atoms with E-state index in [0.29, 0.717) is 6.54 Å². The van der Waals surface area contributed by atoms with Crippen molar-refractivity contribution >= 4 is 11.6 Å². The Morgan fingerprint density at radius 3 is 3.00 bits per heavy atom. The summed E-state index contributed by atoms with van der Waals surface area (Å²) in [7, 11) is 0. The van der Waals surface area contributed by atoms with E-state index in [0.717, 1.165) is 13.0 Å². The highest BCUT2D eigenvalue weighted by molar-refractivity contribution is 5.83. The number of hydrogen-bond donors (Lipinski definition) is 3. The summed E-state index contributed by atoms with van der Waals surface area (Å²) >= 11 is 0. The fraction of sp³-hybridized carbons (Fsp3) is 0.500. The number of carbonyl (C=O) groups is 1. The van der Waals surface area contributed by atoms with Crippen LogP contribution in [0.5, 0.6) is 0 Å². The van der Waals surface area contributed by atoms with Gasteiger partial charge in [0.15, 0.2) is 0 Å². The quantitative estimate of drug-likeness (QED) is 0.753. The molecular formula is C14H21N3O. The molecule has 0 saturated heterocycles. The van der Waals surface area contributed by atoms with Crippen molar-refractivity contribution in [2.24, 2.45) is 5.73 Å². The highest BCUT2D eigenvalue weighted by Gasteiger charge is 2.24. The number of nitrogens with one attached hydrogen (secondary N) is 2. The van der Waals surface area contributed by atoms with Gasteiger partial charge in [-0.15, -0.1) is 0 Å². The molecule has 0 spiro atoms. The van der Waals surface area contributed by atoms with E-state index in [1.807, 2.05) is 0 Å². The molecule has 4 nitrogen and oxygen atoms in total. The van der Waals surface area contributed by atoms with Gasteiger partial charge in [-0.1, -0.05) is 18.2 Å². The zero-order valence-corrected chi connectivity index (χ0v) is 11.0. The highest BCUT2D eigenvalue weighted by Crippen LogP contribution is 2.26. The molecule has 4 N–H and O–H groups in total. The van der Waals surface area contributed by atoms with Crippen molar-refractivity contribution in [3.8, 4) is 0 Å². The number of nitrogens with two attached hydrogens (primary N) is 1. The van der Waals surface area contributed by atoms with E-state index in [1.54, 1.807) is 13.8 Å². The van der Waals surface area contributed by atoms with Crippen molar-refractivity contribution in [1.82, 2.24) is 5.32 Å². The van der Waals surface area contributed by atoms with E-state index in [4.69, 9.17) is 5.73 Å². The average Bonchev–Trinajstić information content (AvgIpc) is 2.36. The number of anilines is 1. The molecule has 0 bridgehead atoms. The third kappa shape index (κ3) is 2.64. The first kappa shape index (κ1) is 12.9. The average molecular weight is 247 g/mol. The maximum Gasteiger partial charge on any atom is 0.237 e. The molecule has 0 atom stereocenters. The summed E-state index contributed by atoms with van der Waals surface area (Å²) in [4.78, 5) is 11.3. The molecule has 1 aliphatic heterocycles. The van der Waals surface area contributed by atoms with E-state index in [-0.39, 0.29) is 5.91 Å². The number of rotatable bonds is 4. The standard InChI is InChI=1S/C14H21N3O/c1-14(2,13(15)18)17-9-11-6-3-5-10-7-4-8-16-12(10)11/h3,5-6,16-17H,4,7-9H2,1-2H3,(H2,15,18). The fourth-order valence-corrected chi connectivity index (χ4v) is 2.13. The molecule has 0 aromatic heterocycles. The Labute approximate surface area is 108 Å². The van der Waals surface area contributed by atoms with E-state index in [2.05, 4.69) is 28.8 Å². The van der Waals surface area contributed by atoms with Crippen LogP contribution in [0.15, 0.2) is 18.2 Å². The van der Waals surface area contributed by atoms with Crippen LogP contribution < -0.4 is 16.4 Å². The number of para-hydroxylation sites is 1. The van der Waals surface area contributed by atoms with Crippen molar-refractivity contribution in [1.29, 1.82) is 0 Å². The van der Waals surface area contributed by atoms with Gasteiger partial charge in [-0.05, 0) is 37.8 Å². The van der Waals surface area contributed by atoms with E-state index in [9.17, 15) is 4.79 Å². The zero-order valence-electron chi connectivity index (χ0n) is 11.0. The third-order valence-electron chi connectivity index (χ3n) is 3.50. The minimum Gasteiger partial charge on any atom is -0.385 e. The number of primary amides is 1. The largest absolute Gasteiger partial charge is 0.385 e. The summed E-state index contributed by atoms with van der Waals surface area (Å²) < 4.78 is 0. The van der Waals surface area contributed by atoms with Gasteiger partial charge >= 0.3 is 0 Å². The maximum atomic E-state index is 11.3. The van der Waals surface area contributed by atoms with Gasteiger partial charge < -0.3 is 11.1 Å². The monoisotopic (exact) mass is 247 g/mol. The van der Waals surface area contributed by atoms with Gasteiger partial charge in [-0.3, -0.25) is 10.1 Å². The predicted molar refractivity (Wildman–Crippen MR) is 73.4 cm³/mol. The lowest BCUT2D eigenvalue weighted by molar-refractivity contribution is -0.123. The molecule has 98 valence electrons. The van der Waals surface area contributed by atoms with Gasteiger partial charge in [0.25, 0.3) is 0 Å². The summed E-state index contributed by atoms with van der Waals surface area (Å²) in [5, 5.41) is 6.65. The van der Waals surface area contributed by atoms with Crippen LogP contribution in [0, 0.1) is 0 Å². The lowest BCUT2D eigenvalue weighted by atomic mass is 9.98. The number of hydrogen-bond acceptors (Lipinski definition) is 3. The predicted octanol–water partition coefficient (Wildman–Crippen LogP) is 1.40. The smallest absolute Gasteiger partial charge is 0.237 e. The lowest BCUT2D eigenvalue weighted by Crippen LogP contribution is -2.50. The van der Waals surface area contributed by atoms with Crippen LogP contribution in [0.1, 0.15) is 31.4 Å². The first-order chi connectivity index (χ1) is 8.50. The minimum absolute atomic E-state index is 0.333. The van der Waals surface area contributed by atoms with Crippen LogP contribution in [-0.2, 0) is 17.8 Å². The number of carbonyl (C=O) groups excluding carboxylic acids is 1. The molecule has 0 fully saturated rings. The van der Waals surface area contributed by atoms with Crippen LogP contribution in [-0.4, -0.2) is 18.0 Å². The summed E-state index contributed by atoms with van der Waals surface area (Å²) in [6, 6.07) is 6.31. The van der Waals surface area contributed by atoms with Crippen molar-refractivity contribution in [3.63, 3.8) is 0 Å². The molecule has 2 rings (SSSR count). The van der Waals surface area contributed by atoms with Crippen molar-refractivity contribution < 1.29 is 4.79 Å². The molecule has 4 heteroatoms. The van der Waals surface area contributed by atoms with Crippen molar-refractivity contribution in [2.75, 3.05) is 11.9 Å². The Bertz CT molecular complexity index is 454. The fourth-order valence-electron chi connectivity index (χ4n) is 2.13. The Hall–Kier alpha value is -1.55. The summed E-state index contributed by atoms with van der Waals surface area (Å²) in [5.41, 5.74) is 8.45. The number of fused-ring (bicyclic) bond motifs is 1. The second-order valence-corrected chi connectivity index (χ2v) is 5.32. The summed E-state index contributed by atoms with van der Waals surface area (Å²) in [5.74, 6) is -0.333. The molecule has 1 heterocycles. The second-order valence-electron chi connectivity index (χ2n) is 5.32. The molecule has 18 heavy (non-hydrogen) atoms. The topological polar surface area (TPSA) is 67.2 Å². The number of aryl methyl sites for hydroxylation is 1. The van der Waals surface area contributed by atoms with Crippen LogP contribution in [0.2, 0.25) is 0 Å². The Morgan fingerprint density at radius 2 is 2.28 bits per heavy atom. The van der Waals surface area contributed by atoms with Crippen molar-refractivity contribution in [2.45, 2.75) is 38.8 Å². The van der Waals surface area contributed by atoms with Gasteiger partial charge in [-0.2, -0.15) is 0 Å². The molecular weight excluding hydrogens is 226 g/mol.